The molecular formula is C8H4F6N6. The van der Waals surface area contributed by atoms with Gasteiger partial charge in [-0.05, 0) is 0 Å². The van der Waals surface area contributed by atoms with Crippen molar-refractivity contribution in [3.05, 3.63) is 11.5 Å². The molecule has 1 aromatic rings. The van der Waals surface area contributed by atoms with Crippen molar-refractivity contribution in [1.82, 2.24) is 9.97 Å². The van der Waals surface area contributed by atoms with Crippen molar-refractivity contribution in [1.29, 1.82) is 5.41 Å². The molecule has 1 aliphatic rings. The standard InChI is InChI=1S/C8H4F6N6/c9-7(10,11)5-17-1(3(15)19-5)2-4(16)20-6(18-2)8(12,13)14/h15H,16H2,(H,18,20). The summed E-state index contributed by atoms with van der Waals surface area (Å²) in [6.45, 7) is 0. The van der Waals surface area contributed by atoms with E-state index in [1.54, 1.807) is 4.98 Å². The van der Waals surface area contributed by atoms with Gasteiger partial charge in [-0.25, -0.2) is 15.0 Å². The molecule has 0 bridgehead atoms. The summed E-state index contributed by atoms with van der Waals surface area (Å²) in [6.07, 6.45) is -9.78. The molecule has 0 unspecified atom stereocenters. The van der Waals surface area contributed by atoms with Crippen molar-refractivity contribution in [3.63, 3.8) is 0 Å². The Balaban J connectivity index is 2.45. The number of imidazole rings is 1. The lowest BCUT2D eigenvalue weighted by Crippen LogP contribution is -2.19. The van der Waals surface area contributed by atoms with Crippen LogP contribution >= 0.6 is 0 Å². The summed E-state index contributed by atoms with van der Waals surface area (Å²) in [6, 6.07) is 0. The monoisotopic (exact) mass is 298 g/mol. The van der Waals surface area contributed by atoms with E-state index in [0.717, 1.165) is 0 Å². The van der Waals surface area contributed by atoms with Gasteiger partial charge in [0, 0.05) is 0 Å². The first-order chi connectivity index (χ1) is 9.00. The van der Waals surface area contributed by atoms with E-state index in [9.17, 15) is 26.3 Å². The zero-order valence-corrected chi connectivity index (χ0v) is 9.19. The van der Waals surface area contributed by atoms with E-state index in [-0.39, 0.29) is 0 Å². The molecule has 0 amide bonds. The zero-order chi connectivity index (χ0) is 15.3. The number of alkyl halides is 6. The van der Waals surface area contributed by atoms with Gasteiger partial charge in [-0.3, -0.25) is 5.41 Å². The highest BCUT2D eigenvalue weighted by atomic mass is 19.4. The first-order valence-electron chi connectivity index (χ1n) is 4.76. The van der Waals surface area contributed by atoms with Crippen molar-refractivity contribution in [2.24, 2.45) is 9.98 Å². The Morgan fingerprint density at radius 2 is 1.60 bits per heavy atom. The van der Waals surface area contributed by atoms with Gasteiger partial charge in [0.1, 0.15) is 11.4 Å². The van der Waals surface area contributed by atoms with Crippen LogP contribution in [0.3, 0.4) is 0 Å². The van der Waals surface area contributed by atoms with Gasteiger partial charge in [-0.1, -0.05) is 0 Å². The molecule has 108 valence electrons. The lowest BCUT2D eigenvalue weighted by atomic mass is 10.2. The number of nitrogens with two attached hydrogens (primary N) is 1. The van der Waals surface area contributed by atoms with Crippen LogP contribution in [0.25, 0.3) is 0 Å². The Hall–Kier alpha value is -2.40. The van der Waals surface area contributed by atoms with Crippen molar-refractivity contribution in [2.75, 3.05) is 5.73 Å². The van der Waals surface area contributed by atoms with Crippen LogP contribution in [0.4, 0.5) is 32.2 Å². The SMILES string of the molecule is N=C1N=C(C(F)(F)F)N=C1c1[nH]c(C(F)(F)F)nc1N. The molecule has 0 spiro atoms. The summed E-state index contributed by atoms with van der Waals surface area (Å²) in [5, 5.41) is 7.21. The lowest BCUT2D eigenvalue weighted by molar-refractivity contribution is -0.144. The Morgan fingerprint density at radius 1 is 1.00 bits per heavy atom. The van der Waals surface area contributed by atoms with Crippen molar-refractivity contribution in [3.8, 4) is 0 Å². The number of nitrogen functional groups attached to an aromatic ring is 1. The second-order valence-corrected chi connectivity index (χ2v) is 3.59. The van der Waals surface area contributed by atoms with Crippen LogP contribution in [0.5, 0.6) is 0 Å². The van der Waals surface area contributed by atoms with E-state index in [4.69, 9.17) is 11.1 Å². The Bertz CT molecular complexity index is 633. The summed E-state index contributed by atoms with van der Waals surface area (Å²) >= 11 is 0. The second kappa shape index (κ2) is 4.05. The maximum atomic E-state index is 12.4. The number of anilines is 1. The average Bonchev–Trinajstić information content (AvgIpc) is 2.80. The Kier molecular flexibility index (Phi) is 2.84. The van der Waals surface area contributed by atoms with Crippen LogP contribution in [0.2, 0.25) is 0 Å². The van der Waals surface area contributed by atoms with E-state index in [1.807, 2.05) is 0 Å². The van der Waals surface area contributed by atoms with Gasteiger partial charge in [-0.15, -0.1) is 0 Å². The minimum absolute atomic E-state index is 0.634. The molecule has 0 saturated carbocycles. The summed E-state index contributed by atoms with van der Waals surface area (Å²) in [7, 11) is 0. The molecule has 4 N–H and O–H groups in total. The van der Waals surface area contributed by atoms with Crippen LogP contribution in [0.1, 0.15) is 11.5 Å². The molecule has 1 aromatic heterocycles. The molecule has 0 fully saturated rings. The van der Waals surface area contributed by atoms with Gasteiger partial charge in [0.2, 0.25) is 11.7 Å². The summed E-state index contributed by atoms with van der Waals surface area (Å²) in [5.74, 6) is -4.82. The van der Waals surface area contributed by atoms with E-state index >= 15 is 0 Å². The molecule has 0 aromatic carbocycles. The van der Waals surface area contributed by atoms with E-state index in [0.29, 0.717) is 0 Å². The molecule has 2 rings (SSSR count). The molecule has 0 radical (unpaired) electrons. The van der Waals surface area contributed by atoms with Gasteiger partial charge in [-0.2, -0.15) is 26.3 Å². The van der Waals surface area contributed by atoms with E-state index in [1.165, 1.54) is 0 Å². The minimum atomic E-state index is -4.92. The predicted molar refractivity (Wildman–Crippen MR) is 55.8 cm³/mol. The number of amidine groups is 2. The number of aromatic nitrogens is 2. The largest absolute Gasteiger partial charge is 0.451 e. The van der Waals surface area contributed by atoms with Crippen molar-refractivity contribution in [2.45, 2.75) is 12.4 Å². The average molecular weight is 298 g/mol. The number of rotatable bonds is 1. The maximum absolute atomic E-state index is 12.4. The predicted octanol–water partition coefficient (Wildman–Crippen LogP) is 1.75. The van der Waals surface area contributed by atoms with Crippen LogP contribution in [-0.2, 0) is 6.18 Å². The molecule has 6 nitrogen and oxygen atoms in total. The number of H-pyrrole nitrogens is 1. The van der Waals surface area contributed by atoms with Crippen LogP contribution in [0, 0.1) is 5.41 Å². The summed E-state index contributed by atoms with van der Waals surface area (Å²) in [4.78, 5) is 10.4. The Labute approximate surface area is 105 Å². The molecular weight excluding hydrogens is 294 g/mol. The Morgan fingerprint density at radius 3 is 2.00 bits per heavy atom. The van der Waals surface area contributed by atoms with Crippen molar-refractivity contribution < 1.29 is 26.3 Å². The lowest BCUT2D eigenvalue weighted by Gasteiger charge is -2.01. The molecule has 0 aliphatic carbocycles. The first-order valence-corrected chi connectivity index (χ1v) is 4.76. The van der Waals surface area contributed by atoms with Gasteiger partial charge in [0.25, 0.3) is 0 Å². The highest BCUT2D eigenvalue weighted by Crippen LogP contribution is 2.29. The maximum Gasteiger partial charge on any atom is 0.451 e. The second-order valence-electron chi connectivity index (χ2n) is 3.59. The number of hydrogen-bond donors (Lipinski definition) is 3. The third kappa shape index (κ3) is 2.35. The molecule has 0 atom stereocenters. The smallest absolute Gasteiger partial charge is 0.382 e. The number of aliphatic imine (C=N–C) groups is 2. The molecule has 1 aliphatic heterocycles. The summed E-state index contributed by atoms with van der Waals surface area (Å²) in [5.41, 5.74) is 3.80. The first kappa shape index (κ1) is 14.0. The van der Waals surface area contributed by atoms with E-state index in [2.05, 4.69) is 15.0 Å². The van der Waals surface area contributed by atoms with Gasteiger partial charge in [0.15, 0.2) is 11.7 Å². The van der Waals surface area contributed by atoms with Gasteiger partial charge in [0.05, 0.1) is 0 Å². The van der Waals surface area contributed by atoms with E-state index < -0.39 is 47.1 Å². The normalized spacial score (nSPS) is 16.4. The number of hydrogen-bond acceptors (Lipinski definition) is 4. The number of halogens is 6. The zero-order valence-electron chi connectivity index (χ0n) is 9.19. The summed E-state index contributed by atoms with van der Waals surface area (Å²) < 4.78 is 74.2. The molecule has 0 saturated heterocycles. The van der Waals surface area contributed by atoms with Gasteiger partial charge < -0.3 is 10.7 Å². The highest BCUT2D eigenvalue weighted by molar-refractivity contribution is 6.52. The number of aromatic amines is 1. The van der Waals surface area contributed by atoms with Crippen LogP contribution < -0.4 is 5.73 Å². The fraction of sp³-hybridized carbons (Fsp3) is 0.250. The van der Waals surface area contributed by atoms with Crippen LogP contribution in [-0.4, -0.2) is 33.5 Å². The van der Waals surface area contributed by atoms with Crippen molar-refractivity contribution >= 4 is 23.2 Å². The quantitative estimate of drug-likeness (QED) is 0.687. The number of nitrogens with zero attached hydrogens (tertiary/aromatic N) is 3. The fourth-order valence-corrected chi connectivity index (χ4v) is 1.35. The molecule has 12 heteroatoms. The van der Waals surface area contributed by atoms with Crippen LogP contribution in [0.15, 0.2) is 9.98 Å². The third-order valence-corrected chi connectivity index (χ3v) is 2.15. The third-order valence-electron chi connectivity index (χ3n) is 2.15. The fourth-order valence-electron chi connectivity index (χ4n) is 1.35. The highest BCUT2D eigenvalue weighted by Gasteiger charge is 2.42. The molecule has 20 heavy (non-hydrogen) atoms. The topological polar surface area (TPSA) is 103 Å². The van der Waals surface area contributed by atoms with Gasteiger partial charge >= 0.3 is 12.4 Å². The number of nitrogens with one attached hydrogen (secondary N) is 2. The molecule has 2 heterocycles. The minimum Gasteiger partial charge on any atom is -0.382 e.